The molecular weight excluding hydrogens is 212 g/mol. The zero-order valence-corrected chi connectivity index (χ0v) is 11.5. The molecule has 17 heavy (non-hydrogen) atoms. The molecule has 100 valence electrons. The molecule has 1 unspecified atom stereocenters. The molecule has 0 aliphatic heterocycles. The van der Waals surface area contributed by atoms with Crippen LogP contribution in [0.4, 0.5) is 0 Å². The molecule has 3 heteroatoms. The monoisotopic (exact) mass is 240 g/mol. The van der Waals surface area contributed by atoms with Crippen LogP contribution < -0.4 is 5.32 Å². The van der Waals surface area contributed by atoms with Crippen molar-refractivity contribution in [1.82, 2.24) is 10.2 Å². The van der Waals surface area contributed by atoms with Gasteiger partial charge in [-0.15, -0.1) is 0 Å². The highest BCUT2D eigenvalue weighted by Crippen LogP contribution is 2.24. The number of rotatable bonds is 10. The van der Waals surface area contributed by atoms with E-state index in [0.717, 1.165) is 25.2 Å². The van der Waals surface area contributed by atoms with Gasteiger partial charge in [0.15, 0.2) is 0 Å². The van der Waals surface area contributed by atoms with Crippen molar-refractivity contribution in [1.29, 1.82) is 0 Å². The molecule has 2 aliphatic carbocycles. The Hall–Kier alpha value is -0.120. The standard InChI is InChI=1S/C14H28N2O/c1-12(4-3-9-15-13-5-6-13)17-11-10-16(2)14-7-8-14/h12-15H,3-11H2,1-2H3. The minimum Gasteiger partial charge on any atom is -0.377 e. The van der Waals surface area contributed by atoms with Crippen molar-refractivity contribution >= 4 is 0 Å². The Balaban J connectivity index is 1.38. The first-order chi connectivity index (χ1) is 8.25. The maximum Gasteiger partial charge on any atom is 0.0597 e. The summed E-state index contributed by atoms with van der Waals surface area (Å²) in [6.07, 6.45) is 8.41. The second-order valence-electron chi connectivity index (χ2n) is 5.76. The number of nitrogens with zero attached hydrogens (tertiary/aromatic N) is 1. The first-order valence-corrected chi connectivity index (χ1v) is 7.31. The Bertz CT molecular complexity index is 214. The minimum atomic E-state index is 0.420. The fourth-order valence-corrected chi connectivity index (χ4v) is 2.16. The van der Waals surface area contributed by atoms with Gasteiger partial charge in [-0.3, -0.25) is 0 Å². The summed E-state index contributed by atoms with van der Waals surface area (Å²) in [7, 11) is 2.21. The van der Waals surface area contributed by atoms with Crippen LogP contribution in [0, 0.1) is 0 Å². The summed E-state index contributed by atoms with van der Waals surface area (Å²) in [6, 6.07) is 1.70. The molecule has 0 amide bonds. The van der Waals surface area contributed by atoms with Crippen molar-refractivity contribution in [3.63, 3.8) is 0 Å². The summed E-state index contributed by atoms with van der Waals surface area (Å²) in [5.74, 6) is 0. The van der Waals surface area contributed by atoms with Crippen LogP contribution >= 0.6 is 0 Å². The average Bonchev–Trinajstić information content (AvgIpc) is 3.17. The van der Waals surface area contributed by atoms with E-state index in [1.807, 2.05) is 0 Å². The Kier molecular flexibility index (Phi) is 5.26. The second kappa shape index (κ2) is 6.72. The topological polar surface area (TPSA) is 24.5 Å². The van der Waals surface area contributed by atoms with Crippen molar-refractivity contribution in [3.05, 3.63) is 0 Å². The van der Waals surface area contributed by atoms with E-state index in [2.05, 4.69) is 24.2 Å². The van der Waals surface area contributed by atoms with Gasteiger partial charge in [-0.25, -0.2) is 0 Å². The summed E-state index contributed by atoms with van der Waals surface area (Å²) in [5, 5.41) is 3.55. The molecule has 3 nitrogen and oxygen atoms in total. The van der Waals surface area contributed by atoms with Crippen molar-refractivity contribution in [3.8, 4) is 0 Å². The van der Waals surface area contributed by atoms with E-state index in [-0.39, 0.29) is 0 Å². The van der Waals surface area contributed by atoms with Crippen LogP contribution in [0.3, 0.4) is 0 Å². The Labute approximate surface area is 106 Å². The Morgan fingerprint density at radius 2 is 2.06 bits per heavy atom. The summed E-state index contributed by atoms with van der Waals surface area (Å²) < 4.78 is 5.84. The second-order valence-corrected chi connectivity index (χ2v) is 5.76. The lowest BCUT2D eigenvalue weighted by atomic mass is 10.2. The summed E-state index contributed by atoms with van der Waals surface area (Å²) in [5.41, 5.74) is 0. The zero-order chi connectivity index (χ0) is 12.1. The molecule has 2 fully saturated rings. The van der Waals surface area contributed by atoms with Crippen molar-refractivity contribution in [2.75, 3.05) is 26.7 Å². The van der Waals surface area contributed by atoms with Crippen LogP contribution in [0.15, 0.2) is 0 Å². The lowest BCUT2D eigenvalue weighted by molar-refractivity contribution is 0.0453. The van der Waals surface area contributed by atoms with Gasteiger partial charge in [-0.2, -0.15) is 0 Å². The molecule has 2 aliphatic rings. The van der Waals surface area contributed by atoms with Gasteiger partial charge in [0.2, 0.25) is 0 Å². The lowest BCUT2D eigenvalue weighted by Gasteiger charge is -2.18. The first kappa shape index (κ1) is 13.3. The molecule has 0 bridgehead atoms. The van der Waals surface area contributed by atoms with Crippen LogP contribution in [-0.4, -0.2) is 49.8 Å². The number of hydrogen-bond acceptors (Lipinski definition) is 3. The molecule has 0 aromatic carbocycles. The molecule has 2 rings (SSSR count). The van der Waals surface area contributed by atoms with E-state index in [4.69, 9.17) is 4.74 Å². The first-order valence-electron chi connectivity index (χ1n) is 7.31. The van der Waals surface area contributed by atoms with Crippen molar-refractivity contribution in [2.45, 2.75) is 63.6 Å². The van der Waals surface area contributed by atoms with Gasteiger partial charge in [0.1, 0.15) is 0 Å². The fourth-order valence-electron chi connectivity index (χ4n) is 2.16. The lowest BCUT2D eigenvalue weighted by Crippen LogP contribution is -2.27. The quantitative estimate of drug-likeness (QED) is 0.591. The number of nitrogens with one attached hydrogen (secondary N) is 1. The highest BCUT2D eigenvalue weighted by atomic mass is 16.5. The van der Waals surface area contributed by atoms with E-state index in [9.17, 15) is 0 Å². The van der Waals surface area contributed by atoms with Crippen LogP contribution in [0.1, 0.15) is 45.4 Å². The summed E-state index contributed by atoms with van der Waals surface area (Å²) in [4.78, 5) is 2.43. The zero-order valence-electron chi connectivity index (χ0n) is 11.5. The highest BCUT2D eigenvalue weighted by molar-refractivity contribution is 4.82. The van der Waals surface area contributed by atoms with Gasteiger partial charge in [-0.1, -0.05) is 0 Å². The molecule has 0 aromatic rings. The Morgan fingerprint density at radius 3 is 2.71 bits per heavy atom. The van der Waals surface area contributed by atoms with Crippen LogP contribution in [0.2, 0.25) is 0 Å². The SMILES string of the molecule is CC(CCCNC1CC1)OCCN(C)C1CC1. The Morgan fingerprint density at radius 1 is 1.29 bits per heavy atom. The molecule has 0 radical (unpaired) electrons. The van der Waals surface area contributed by atoms with E-state index < -0.39 is 0 Å². The third kappa shape index (κ3) is 5.84. The summed E-state index contributed by atoms with van der Waals surface area (Å²) >= 11 is 0. The van der Waals surface area contributed by atoms with Gasteiger partial charge < -0.3 is 15.0 Å². The van der Waals surface area contributed by atoms with Gasteiger partial charge >= 0.3 is 0 Å². The van der Waals surface area contributed by atoms with Crippen molar-refractivity contribution < 1.29 is 4.74 Å². The predicted octanol–water partition coefficient (Wildman–Crippen LogP) is 2.02. The molecule has 0 aromatic heterocycles. The van der Waals surface area contributed by atoms with Crippen LogP contribution in [0.5, 0.6) is 0 Å². The molecule has 2 saturated carbocycles. The fraction of sp³-hybridized carbons (Fsp3) is 1.00. The van der Waals surface area contributed by atoms with Gasteiger partial charge in [-0.05, 0) is 59.0 Å². The van der Waals surface area contributed by atoms with E-state index in [0.29, 0.717) is 6.10 Å². The average molecular weight is 240 g/mol. The largest absolute Gasteiger partial charge is 0.377 e. The molecular formula is C14H28N2O. The van der Waals surface area contributed by atoms with E-state index in [1.54, 1.807) is 0 Å². The number of likely N-dealkylation sites (N-methyl/N-ethyl adjacent to an activating group) is 1. The van der Waals surface area contributed by atoms with Gasteiger partial charge in [0.25, 0.3) is 0 Å². The van der Waals surface area contributed by atoms with Gasteiger partial charge in [0, 0.05) is 18.6 Å². The third-order valence-corrected chi connectivity index (χ3v) is 3.81. The third-order valence-electron chi connectivity index (χ3n) is 3.81. The molecule has 1 N–H and O–H groups in total. The maximum atomic E-state index is 5.84. The number of ether oxygens (including phenoxy) is 1. The predicted molar refractivity (Wildman–Crippen MR) is 71.3 cm³/mol. The van der Waals surface area contributed by atoms with E-state index in [1.165, 1.54) is 45.1 Å². The van der Waals surface area contributed by atoms with Crippen LogP contribution in [-0.2, 0) is 4.74 Å². The normalized spacial score (nSPS) is 22.1. The summed E-state index contributed by atoms with van der Waals surface area (Å²) in [6.45, 7) is 5.36. The number of hydrogen-bond donors (Lipinski definition) is 1. The maximum absolute atomic E-state index is 5.84. The molecule has 0 heterocycles. The minimum absolute atomic E-state index is 0.420. The molecule has 0 saturated heterocycles. The smallest absolute Gasteiger partial charge is 0.0597 e. The molecule has 0 spiro atoms. The van der Waals surface area contributed by atoms with Crippen molar-refractivity contribution in [2.24, 2.45) is 0 Å². The van der Waals surface area contributed by atoms with Crippen LogP contribution in [0.25, 0.3) is 0 Å². The van der Waals surface area contributed by atoms with E-state index >= 15 is 0 Å². The van der Waals surface area contributed by atoms with Gasteiger partial charge in [0.05, 0.1) is 12.7 Å². The molecule has 1 atom stereocenters. The highest BCUT2D eigenvalue weighted by Gasteiger charge is 2.25.